The molecular formula is C24H25ClN4S. The lowest BCUT2D eigenvalue weighted by Gasteiger charge is -2.28. The number of thioether (sulfide) groups is 1. The molecule has 0 unspecified atom stereocenters. The van der Waals surface area contributed by atoms with Gasteiger partial charge in [0.2, 0.25) is 0 Å². The number of benzene rings is 1. The first-order valence-corrected chi connectivity index (χ1v) is 11.6. The van der Waals surface area contributed by atoms with E-state index in [1.165, 1.54) is 22.5 Å². The van der Waals surface area contributed by atoms with Crippen molar-refractivity contribution in [3.63, 3.8) is 0 Å². The summed E-state index contributed by atoms with van der Waals surface area (Å²) >= 11 is 8.02. The van der Waals surface area contributed by atoms with Gasteiger partial charge in [0, 0.05) is 45.7 Å². The van der Waals surface area contributed by atoms with Gasteiger partial charge in [0.05, 0.1) is 11.7 Å². The number of amidine groups is 1. The van der Waals surface area contributed by atoms with Gasteiger partial charge in [-0.3, -0.25) is 9.98 Å². The Labute approximate surface area is 187 Å². The van der Waals surface area contributed by atoms with Crippen LogP contribution in [0, 0.1) is 20.8 Å². The molecule has 4 heterocycles. The van der Waals surface area contributed by atoms with Crippen LogP contribution in [0.4, 0.5) is 0 Å². The van der Waals surface area contributed by atoms with Gasteiger partial charge < -0.3 is 9.47 Å². The molecule has 4 nitrogen and oxygen atoms in total. The number of rotatable bonds is 3. The smallest absolute Gasteiger partial charge is 0.160 e. The van der Waals surface area contributed by atoms with Crippen LogP contribution in [0.1, 0.15) is 47.2 Å². The SMILES string of the molecule is Cc1c([C@@H]2[C@@H](c3ccccn3)N=C3S[C@@H](C)CN32)c(C)n(-c2ccc(Cl)cc2)c1C. The van der Waals surface area contributed by atoms with Crippen molar-refractivity contribution in [1.82, 2.24) is 14.5 Å². The lowest BCUT2D eigenvalue weighted by Crippen LogP contribution is -2.29. The lowest BCUT2D eigenvalue weighted by atomic mass is 9.93. The third-order valence-corrected chi connectivity index (χ3v) is 7.62. The van der Waals surface area contributed by atoms with Crippen LogP contribution >= 0.6 is 23.4 Å². The molecule has 30 heavy (non-hydrogen) atoms. The molecule has 3 atom stereocenters. The molecule has 6 heteroatoms. The molecule has 0 amide bonds. The van der Waals surface area contributed by atoms with E-state index in [1.807, 2.05) is 36.2 Å². The van der Waals surface area contributed by atoms with E-state index >= 15 is 0 Å². The Hall–Kier alpha value is -2.24. The third kappa shape index (κ3) is 3.07. The van der Waals surface area contributed by atoms with Crippen molar-refractivity contribution in [2.75, 3.05) is 6.54 Å². The fraction of sp³-hybridized carbons (Fsp3) is 0.333. The fourth-order valence-corrected chi connectivity index (χ4v) is 6.07. The monoisotopic (exact) mass is 436 g/mol. The second kappa shape index (κ2) is 7.47. The minimum Gasteiger partial charge on any atom is -0.341 e. The van der Waals surface area contributed by atoms with E-state index < -0.39 is 0 Å². The van der Waals surface area contributed by atoms with Gasteiger partial charge >= 0.3 is 0 Å². The van der Waals surface area contributed by atoms with E-state index in [0.29, 0.717) is 5.25 Å². The van der Waals surface area contributed by atoms with Gasteiger partial charge in [-0.2, -0.15) is 0 Å². The highest BCUT2D eigenvalue weighted by atomic mass is 35.5. The Bertz CT molecular complexity index is 1120. The molecular weight excluding hydrogens is 412 g/mol. The molecule has 1 fully saturated rings. The van der Waals surface area contributed by atoms with Crippen molar-refractivity contribution in [2.45, 2.75) is 45.0 Å². The summed E-state index contributed by atoms with van der Waals surface area (Å²) in [6, 6.07) is 14.4. The zero-order chi connectivity index (χ0) is 21.0. The topological polar surface area (TPSA) is 33.4 Å². The van der Waals surface area contributed by atoms with Gasteiger partial charge in [-0.1, -0.05) is 36.4 Å². The first kappa shape index (κ1) is 19.7. The Kier molecular flexibility index (Phi) is 4.91. The summed E-state index contributed by atoms with van der Waals surface area (Å²) in [6.07, 6.45) is 1.87. The zero-order valence-corrected chi connectivity index (χ0v) is 19.2. The highest BCUT2D eigenvalue weighted by Crippen LogP contribution is 2.50. The molecule has 0 bridgehead atoms. The molecule has 2 aromatic heterocycles. The van der Waals surface area contributed by atoms with E-state index in [-0.39, 0.29) is 12.1 Å². The predicted octanol–water partition coefficient (Wildman–Crippen LogP) is 6.04. The van der Waals surface area contributed by atoms with Crippen molar-refractivity contribution in [2.24, 2.45) is 4.99 Å². The average Bonchev–Trinajstić information content (AvgIpc) is 3.33. The summed E-state index contributed by atoms with van der Waals surface area (Å²) in [4.78, 5) is 12.3. The predicted molar refractivity (Wildman–Crippen MR) is 126 cm³/mol. The summed E-state index contributed by atoms with van der Waals surface area (Å²) in [5.74, 6) is 0. The molecule has 5 rings (SSSR count). The highest BCUT2D eigenvalue weighted by Gasteiger charge is 2.45. The van der Waals surface area contributed by atoms with Gasteiger partial charge in [-0.25, -0.2) is 0 Å². The minimum absolute atomic E-state index is 0.0130. The lowest BCUT2D eigenvalue weighted by molar-refractivity contribution is 0.319. The Balaban J connectivity index is 1.66. The van der Waals surface area contributed by atoms with Crippen molar-refractivity contribution < 1.29 is 0 Å². The maximum Gasteiger partial charge on any atom is 0.160 e. The van der Waals surface area contributed by atoms with Crippen LogP contribution in [0.25, 0.3) is 5.69 Å². The Morgan fingerprint density at radius 3 is 2.50 bits per heavy atom. The van der Waals surface area contributed by atoms with E-state index in [0.717, 1.165) is 28.1 Å². The largest absolute Gasteiger partial charge is 0.341 e. The molecule has 1 aromatic carbocycles. The molecule has 0 radical (unpaired) electrons. The van der Waals surface area contributed by atoms with Crippen LogP contribution in [-0.4, -0.2) is 31.4 Å². The molecule has 0 spiro atoms. The summed E-state index contributed by atoms with van der Waals surface area (Å²) < 4.78 is 2.35. The first-order valence-electron chi connectivity index (χ1n) is 10.3. The van der Waals surface area contributed by atoms with Gasteiger partial charge in [-0.05, 0) is 62.7 Å². The van der Waals surface area contributed by atoms with Crippen molar-refractivity contribution in [3.05, 3.63) is 81.9 Å². The van der Waals surface area contributed by atoms with Crippen LogP contribution in [0.15, 0.2) is 53.7 Å². The summed E-state index contributed by atoms with van der Waals surface area (Å²) in [7, 11) is 0. The van der Waals surface area contributed by atoms with Crippen molar-refractivity contribution >= 4 is 28.5 Å². The van der Waals surface area contributed by atoms with Gasteiger partial charge in [0.15, 0.2) is 5.17 Å². The van der Waals surface area contributed by atoms with Crippen LogP contribution in [0.3, 0.4) is 0 Å². The quantitative estimate of drug-likeness (QED) is 0.501. The van der Waals surface area contributed by atoms with Crippen LogP contribution in [0.5, 0.6) is 0 Å². The second-order valence-corrected chi connectivity index (χ2v) is 10.0. The first-order chi connectivity index (χ1) is 14.5. The molecule has 1 saturated heterocycles. The van der Waals surface area contributed by atoms with Gasteiger partial charge in [0.25, 0.3) is 0 Å². The number of hydrogen-bond donors (Lipinski definition) is 0. The number of fused-ring (bicyclic) bond motifs is 1. The standard InChI is InChI=1S/C24H25ClN4S/c1-14-13-28-23(22(27-24(28)30-14)20-7-5-6-12-26-20)21-15(2)16(3)29(17(21)4)19-10-8-18(25)9-11-19/h5-12,14,22-23H,13H2,1-4H3/t14-,22+,23+/m0/s1. The van der Waals surface area contributed by atoms with Gasteiger partial charge in [-0.15, -0.1) is 0 Å². The van der Waals surface area contributed by atoms with E-state index in [4.69, 9.17) is 16.6 Å². The van der Waals surface area contributed by atoms with Crippen LogP contribution in [-0.2, 0) is 0 Å². The molecule has 3 aromatic rings. The maximum absolute atomic E-state index is 6.14. The molecule has 2 aliphatic rings. The third-order valence-electron chi connectivity index (χ3n) is 6.27. The highest BCUT2D eigenvalue weighted by molar-refractivity contribution is 8.14. The summed E-state index contributed by atoms with van der Waals surface area (Å²) in [5.41, 5.74) is 7.40. The Morgan fingerprint density at radius 1 is 1.03 bits per heavy atom. The van der Waals surface area contributed by atoms with Gasteiger partial charge in [0.1, 0.15) is 6.04 Å². The minimum atomic E-state index is 0.0130. The normalized spacial score (nSPS) is 23.0. The number of aromatic nitrogens is 2. The number of pyridine rings is 1. The maximum atomic E-state index is 6.14. The second-order valence-electron chi connectivity index (χ2n) is 8.16. The fourth-order valence-electron chi connectivity index (χ4n) is 4.85. The Morgan fingerprint density at radius 2 is 1.80 bits per heavy atom. The average molecular weight is 437 g/mol. The molecule has 2 aliphatic heterocycles. The molecule has 0 N–H and O–H groups in total. The molecule has 154 valence electrons. The van der Waals surface area contributed by atoms with E-state index in [1.54, 1.807) is 0 Å². The number of aliphatic imine (C=N–C) groups is 1. The molecule has 0 saturated carbocycles. The van der Waals surface area contributed by atoms with Crippen LogP contribution in [0.2, 0.25) is 5.02 Å². The summed E-state index contributed by atoms with van der Waals surface area (Å²) in [6.45, 7) is 9.96. The van der Waals surface area contributed by atoms with E-state index in [9.17, 15) is 0 Å². The number of nitrogens with zero attached hydrogens (tertiary/aromatic N) is 4. The number of halogens is 1. The van der Waals surface area contributed by atoms with Crippen molar-refractivity contribution in [1.29, 1.82) is 0 Å². The van der Waals surface area contributed by atoms with E-state index in [2.05, 4.69) is 66.4 Å². The van der Waals surface area contributed by atoms with Crippen LogP contribution < -0.4 is 0 Å². The summed E-state index contributed by atoms with van der Waals surface area (Å²) in [5, 5.41) is 2.46. The number of hydrogen-bond acceptors (Lipinski definition) is 4. The molecule has 0 aliphatic carbocycles. The zero-order valence-electron chi connectivity index (χ0n) is 17.6. The van der Waals surface area contributed by atoms with Crippen molar-refractivity contribution in [3.8, 4) is 5.69 Å².